The van der Waals surface area contributed by atoms with Gasteiger partial charge in [0.1, 0.15) is 0 Å². The summed E-state index contributed by atoms with van der Waals surface area (Å²) >= 11 is 7.95. The Kier molecular flexibility index (Phi) is 6.43. The van der Waals surface area contributed by atoms with Crippen molar-refractivity contribution in [2.24, 2.45) is 0 Å². The lowest BCUT2D eigenvalue weighted by molar-refractivity contribution is -0.858. The molecule has 0 unspecified atom stereocenters. The van der Waals surface area contributed by atoms with Crippen molar-refractivity contribution in [3.05, 3.63) is 53.6 Å². The largest absolute Gasteiger partial charge is 0.384 e. The monoisotopic (exact) mass is 321 g/mol. The lowest BCUT2D eigenvalue weighted by Gasteiger charge is -2.13. The van der Waals surface area contributed by atoms with Crippen molar-refractivity contribution < 1.29 is 4.90 Å². The molecule has 0 radical (unpaired) electrons. The molecule has 0 saturated carbocycles. The summed E-state index contributed by atoms with van der Waals surface area (Å²) in [6, 6.07) is 16.4. The third-order valence-electron chi connectivity index (χ3n) is 3.11. The number of rotatable bonds is 7. The second kappa shape index (κ2) is 8.32. The highest BCUT2D eigenvalue weighted by molar-refractivity contribution is 7.99. The molecule has 0 aliphatic heterocycles. The van der Waals surface area contributed by atoms with E-state index in [9.17, 15) is 0 Å². The summed E-state index contributed by atoms with van der Waals surface area (Å²) in [5.74, 6) is 0. The SMILES string of the molecule is C[NH+](C)CCCNc1ccccc1Sc1ccccc1Cl. The van der Waals surface area contributed by atoms with Crippen molar-refractivity contribution in [3.63, 3.8) is 0 Å². The molecule has 2 N–H and O–H groups in total. The van der Waals surface area contributed by atoms with Crippen LogP contribution in [0.1, 0.15) is 6.42 Å². The van der Waals surface area contributed by atoms with Gasteiger partial charge in [-0.2, -0.15) is 0 Å². The van der Waals surface area contributed by atoms with Gasteiger partial charge in [0.25, 0.3) is 0 Å². The highest BCUT2D eigenvalue weighted by Crippen LogP contribution is 2.36. The quantitative estimate of drug-likeness (QED) is 0.760. The third-order valence-corrected chi connectivity index (χ3v) is 4.71. The van der Waals surface area contributed by atoms with Crippen LogP contribution in [0.5, 0.6) is 0 Å². The lowest BCUT2D eigenvalue weighted by Crippen LogP contribution is -3.05. The fraction of sp³-hybridized carbons (Fsp3) is 0.294. The molecule has 0 saturated heterocycles. The van der Waals surface area contributed by atoms with Crippen molar-refractivity contribution >= 4 is 29.1 Å². The molecule has 21 heavy (non-hydrogen) atoms. The molecule has 0 aromatic heterocycles. The van der Waals surface area contributed by atoms with E-state index in [2.05, 4.69) is 49.7 Å². The number of hydrogen-bond donors (Lipinski definition) is 2. The Bertz CT molecular complexity index is 572. The van der Waals surface area contributed by atoms with Crippen LogP contribution >= 0.6 is 23.4 Å². The Balaban J connectivity index is 2.01. The zero-order valence-corrected chi connectivity index (χ0v) is 14.1. The van der Waals surface area contributed by atoms with Crippen LogP contribution in [0.2, 0.25) is 5.02 Å². The van der Waals surface area contributed by atoms with E-state index in [1.807, 2.05) is 18.2 Å². The minimum Gasteiger partial charge on any atom is -0.384 e. The second-order valence-electron chi connectivity index (χ2n) is 5.27. The molecule has 2 aromatic carbocycles. The topological polar surface area (TPSA) is 16.5 Å². The molecule has 0 atom stereocenters. The van der Waals surface area contributed by atoms with E-state index in [0.717, 1.165) is 22.9 Å². The maximum absolute atomic E-state index is 6.24. The number of nitrogens with one attached hydrogen (secondary N) is 2. The van der Waals surface area contributed by atoms with Crippen LogP contribution in [0.4, 0.5) is 5.69 Å². The summed E-state index contributed by atoms with van der Waals surface area (Å²) in [6.07, 6.45) is 1.16. The molecule has 4 heteroatoms. The molecule has 0 aliphatic rings. The Morgan fingerprint density at radius 3 is 2.38 bits per heavy atom. The summed E-state index contributed by atoms with van der Waals surface area (Å²) < 4.78 is 0. The van der Waals surface area contributed by atoms with Gasteiger partial charge in [-0.05, 0) is 24.3 Å². The first kappa shape index (κ1) is 16.2. The van der Waals surface area contributed by atoms with Crippen LogP contribution in [-0.2, 0) is 0 Å². The fourth-order valence-corrected chi connectivity index (χ4v) is 3.21. The number of anilines is 1. The molecular weight excluding hydrogens is 300 g/mol. The molecule has 2 nitrogen and oxygen atoms in total. The van der Waals surface area contributed by atoms with E-state index in [4.69, 9.17) is 11.6 Å². The van der Waals surface area contributed by atoms with Crippen molar-refractivity contribution in [2.75, 3.05) is 32.5 Å². The van der Waals surface area contributed by atoms with Gasteiger partial charge in [-0.3, -0.25) is 0 Å². The predicted molar refractivity (Wildman–Crippen MR) is 92.8 cm³/mol. The van der Waals surface area contributed by atoms with E-state index in [0.29, 0.717) is 0 Å². The maximum Gasteiger partial charge on any atom is 0.0783 e. The van der Waals surface area contributed by atoms with E-state index in [1.165, 1.54) is 22.0 Å². The predicted octanol–water partition coefficient (Wildman–Crippen LogP) is 3.44. The van der Waals surface area contributed by atoms with Gasteiger partial charge in [-0.15, -0.1) is 0 Å². The van der Waals surface area contributed by atoms with Gasteiger partial charge in [-0.1, -0.05) is 47.6 Å². The zero-order valence-electron chi connectivity index (χ0n) is 12.5. The summed E-state index contributed by atoms with van der Waals surface area (Å²) in [5, 5.41) is 4.33. The van der Waals surface area contributed by atoms with Crippen molar-refractivity contribution in [3.8, 4) is 0 Å². The van der Waals surface area contributed by atoms with Crippen LogP contribution in [0.15, 0.2) is 58.3 Å². The zero-order chi connectivity index (χ0) is 15.1. The standard InChI is InChI=1S/C17H21ClN2S/c1-20(2)13-7-12-19-15-9-4-6-11-17(15)21-16-10-5-3-8-14(16)18/h3-6,8-11,19H,7,12-13H2,1-2H3/p+1. The minimum atomic E-state index is 0.800. The van der Waals surface area contributed by atoms with Gasteiger partial charge in [0.15, 0.2) is 0 Å². The minimum absolute atomic E-state index is 0.800. The Labute approximate surface area is 136 Å². The van der Waals surface area contributed by atoms with Crippen LogP contribution < -0.4 is 10.2 Å². The first-order valence-electron chi connectivity index (χ1n) is 7.21. The van der Waals surface area contributed by atoms with Gasteiger partial charge >= 0.3 is 0 Å². The molecule has 2 aromatic rings. The molecule has 0 bridgehead atoms. The molecule has 112 valence electrons. The normalized spacial score (nSPS) is 10.9. The first-order chi connectivity index (χ1) is 10.2. The van der Waals surface area contributed by atoms with Crippen molar-refractivity contribution in [1.29, 1.82) is 0 Å². The maximum atomic E-state index is 6.24. The number of para-hydroxylation sites is 1. The second-order valence-corrected chi connectivity index (χ2v) is 6.76. The summed E-state index contributed by atoms with van der Waals surface area (Å²) in [5.41, 5.74) is 1.18. The van der Waals surface area contributed by atoms with Crippen molar-refractivity contribution in [2.45, 2.75) is 16.2 Å². The molecule has 0 fully saturated rings. The number of hydrogen-bond acceptors (Lipinski definition) is 2. The van der Waals surface area contributed by atoms with Crippen LogP contribution in [0.3, 0.4) is 0 Å². The first-order valence-corrected chi connectivity index (χ1v) is 8.40. The highest BCUT2D eigenvalue weighted by Gasteiger charge is 2.06. The molecule has 2 rings (SSSR count). The molecular formula is C17H22ClN2S+. The van der Waals surface area contributed by atoms with Gasteiger partial charge in [-0.25, -0.2) is 0 Å². The average molecular weight is 322 g/mol. The number of halogens is 1. The fourth-order valence-electron chi connectivity index (χ4n) is 2.01. The van der Waals surface area contributed by atoms with Gasteiger partial charge < -0.3 is 10.2 Å². The lowest BCUT2D eigenvalue weighted by atomic mass is 10.3. The summed E-state index contributed by atoms with van der Waals surface area (Å²) in [6.45, 7) is 2.16. The number of benzene rings is 2. The highest BCUT2D eigenvalue weighted by atomic mass is 35.5. The summed E-state index contributed by atoms with van der Waals surface area (Å²) in [7, 11) is 4.36. The van der Waals surface area contributed by atoms with Gasteiger partial charge in [0.05, 0.1) is 25.7 Å². The Hall–Kier alpha value is -1.16. The van der Waals surface area contributed by atoms with Gasteiger partial charge in [0.2, 0.25) is 0 Å². The third kappa shape index (κ3) is 5.27. The van der Waals surface area contributed by atoms with Crippen molar-refractivity contribution in [1.82, 2.24) is 0 Å². The van der Waals surface area contributed by atoms with E-state index in [1.54, 1.807) is 11.8 Å². The van der Waals surface area contributed by atoms with E-state index < -0.39 is 0 Å². The van der Waals surface area contributed by atoms with Crippen LogP contribution in [0.25, 0.3) is 0 Å². The summed E-state index contributed by atoms with van der Waals surface area (Å²) in [4.78, 5) is 3.78. The Morgan fingerprint density at radius 1 is 1.00 bits per heavy atom. The molecule has 0 aliphatic carbocycles. The van der Waals surface area contributed by atoms with Crippen LogP contribution in [-0.4, -0.2) is 27.2 Å². The van der Waals surface area contributed by atoms with Crippen LogP contribution in [0, 0.1) is 0 Å². The van der Waals surface area contributed by atoms with Gasteiger partial charge in [0, 0.05) is 28.4 Å². The molecule has 0 heterocycles. The van der Waals surface area contributed by atoms with E-state index >= 15 is 0 Å². The molecule has 0 amide bonds. The number of quaternary nitrogens is 1. The average Bonchev–Trinajstić information content (AvgIpc) is 2.47. The molecule has 0 spiro atoms. The Morgan fingerprint density at radius 2 is 1.67 bits per heavy atom. The smallest absolute Gasteiger partial charge is 0.0783 e. The van der Waals surface area contributed by atoms with E-state index in [-0.39, 0.29) is 0 Å².